The van der Waals surface area contributed by atoms with Crippen LogP contribution >= 0.6 is 0 Å². The highest BCUT2D eigenvalue weighted by Gasteiger charge is 2.08. The molecule has 0 fully saturated rings. The van der Waals surface area contributed by atoms with Crippen LogP contribution in [0.4, 0.5) is 0 Å². The second kappa shape index (κ2) is 4.18. The Morgan fingerprint density at radius 3 is 2.92 bits per heavy atom. The van der Waals surface area contributed by atoms with E-state index in [2.05, 4.69) is 4.98 Å². The third-order valence-electron chi connectivity index (χ3n) is 2.02. The predicted octanol–water partition coefficient (Wildman–Crippen LogP) is 0.269. The summed E-state index contributed by atoms with van der Waals surface area (Å²) in [5, 5.41) is 0. The molecule has 0 radical (unpaired) electrons. The second-order valence-electron chi connectivity index (χ2n) is 3.21. The molecule has 0 bridgehead atoms. The number of nitrogens with zero attached hydrogens (tertiary/aromatic N) is 2. The van der Waals surface area contributed by atoms with Crippen LogP contribution in [0.1, 0.15) is 19.2 Å². The molecule has 4 nitrogen and oxygen atoms in total. The van der Waals surface area contributed by atoms with Gasteiger partial charge in [0.1, 0.15) is 11.6 Å². The van der Waals surface area contributed by atoms with Crippen molar-refractivity contribution in [3.05, 3.63) is 18.2 Å². The molecule has 1 heterocycles. The highest BCUT2D eigenvalue weighted by atomic mass is 16.1. The molecule has 0 aliphatic rings. The first-order valence-corrected chi connectivity index (χ1v) is 4.35. The largest absolute Gasteiger partial charge is 0.338 e. The van der Waals surface area contributed by atoms with E-state index in [1.165, 1.54) is 0 Å². The van der Waals surface area contributed by atoms with Crippen LogP contribution in [-0.2, 0) is 18.3 Å². The van der Waals surface area contributed by atoms with Crippen molar-refractivity contribution >= 4 is 5.78 Å². The number of imidazole rings is 1. The van der Waals surface area contributed by atoms with Gasteiger partial charge in [-0.25, -0.2) is 4.98 Å². The number of nitrogens with two attached hydrogens (primary N) is 1. The van der Waals surface area contributed by atoms with Gasteiger partial charge in [-0.1, -0.05) is 0 Å². The highest BCUT2D eigenvalue weighted by Crippen LogP contribution is 2.00. The monoisotopic (exact) mass is 181 g/mol. The molecule has 72 valence electrons. The number of carbonyl (C=O) groups is 1. The van der Waals surface area contributed by atoms with E-state index in [1.807, 2.05) is 17.8 Å². The predicted molar refractivity (Wildman–Crippen MR) is 50.2 cm³/mol. The molecule has 0 spiro atoms. The molecule has 1 unspecified atom stereocenters. The van der Waals surface area contributed by atoms with E-state index < -0.39 is 0 Å². The third kappa shape index (κ3) is 2.66. The van der Waals surface area contributed by atoms with E-state index in [0.29, 0.717) is 12.8 Å². The second-order valence-corrected chi connectivity index (χ2v) is 3.21. The Balaban J connectivity index is 2.44. The molecule has 1 atom stereocenters. The van der Waals surface area contributed by atoms with Gasteiger partial charge in [-0.3, -0.25) is 4.79 Å². The number of hydrogen-bond donors (Lipinski definition) is 1. The summed E-state index contributed by atoms with van der Waals surface area (Å²) < 4.78 is 1.91. The minimum Gasteiger partial charge on any atom is -0.338 e. The number of rotatable bonds is 4. The first kappa shape index (κ1) is 9.92. The SMILES string of the molecule is CC(N)C(=O)CCc1nccn1C. The third-order valence-corrected chi connectivity index (χ3v) is 2.02. The van der Waals surface area contributed by atoms with Crippen molar-refractivity contribution in [2.75, 3.05) is 0 Å². The number of ketones is 1. The van der Waals surface area contributed by atoms with Crippen LogP contribution in [0.5, 0.6) is 0 Å². The molecule has 0 aliphatic carbocycles. The standard InChI is InChI=1S/C9H15N3O/c1-7(10)8(13)3-4-9-11-5-6-12(9)2/h5-7H,3-4,10H2,1-2H3. The van der Waals surface area contributed by atoms with Crippen LogP contribution in [0.15, 0.2) is 12.4 Å². The Morgan fingerprint density at radius 1 is 1.77 bits per heavy atom. The summed E-state index contributed by atoms with van der Waals surface area (Å²) >= 11 is 0. The Morgan fingerprint density at radius 2 is 2.46 bits per heavy atom. The lowest BCUT2D eigenvalue weighted by Gasteiger charge is -2.03. The molecule has 0 aromatic carbocycles. The zero-order chi connectivity index (χ0) is 9.84. The molecule has 2 N–H and O–H groups in total. The van der Waals surface area contributed by atoms with Gasteiger partial charge in [0, 0.05) is 32.3 Å². The van der Waals surface area contributed by atoms with Crippen LogP contribution in [0.3, 0.4) is 0 Å². The van der Waals surface area contributed by atoms with Crippen molar-refractivity contribution in [3.63, 3.8) is 0 Å². The molecule has 4 heteroatoms. The van der Waals surface area contributed by atoms with Gasteiger partial charge in [-0.05, 0) is 6.92 Å². The van der Waals surface area contributed by atoms with Crippen LogP contribution in [0.2, 0.25) is 0 Å². The van der Waals surface area contributed by atoms with Crippen molar-refractivity contribution < 1.29 is 4.79 Å². The van der Waals surface area contributed by atoms with E-state index >= 15 is 0 Å². The quantitative estimate of drug-likeness (QED) is 0.725. The van der Waals surface area contributed by atoms with Gasteiger partial charge in [0.2, 0.25) is 0 Å². The molecule has 1 aromatic rings. The number of aryl methyl sites for hydroxylation is 2. The summed E-state index contributed by atoms with van der Waals surface area (Å²) in [6.07, 6.45) is 4.74. The van der Waals surface area contributed by atoms with E-state index in [-0.39, 0.29) is 11.8 Å². The fourth-order valence-corrected chi connectivity index (χ4v) is 1.10. The van der Waals surface area contributed by atoms with Crippen LogP contribution in [0.25, 0.3) is 0 Å². The van der Waals surface area contributed by atoms with Gasteiger partial charge in [-0.2, -0.15) is 0 Å². The normalized spacial score (nSPS) is 12.8. The van der Waals surface area contributed by atoms with Crippen molar-refractivity contribution in [3.8, 4) is 0 Å². The van der Waals surface area contributed by atoms with Crippen molar-refractivity contribution in [1.82, 2.24) is 9.55 Å². The van der Waals surface area contributed by atoms with E-state index in [4.69, 9.17) is 5.73 Å². The van der Waals surface area contributed by atoms with Crippen molar-refractivity contribution in [2.24, 2.45) is 12.8 Å². The summed E-state index contributed by atoms with van der Waals surface area (Å²) in [5.41, 5.74) is 5.44. The number of hydrogen-bond acceptors (Lipinski definition) is 3. The first-order valence-electron chi connectivity index (χ1n) is 4.35. The summed E-state index contributed by atoms with van der Waals surface area (Å²) in [5.74, 6) is 1.01. The number of aromatic nitrogens is 2. The van der Waals surface area contributed by atoms with Gasteiger partial charge >= 0.3 is 0 Å². The number of carbonyl (C=O) groups excluding carboxylic acids is 1. The summed E-state index contributed by atoms with van der Waals surface area (Å²) in [6, 6.07) is -0.361. The fourth-order valence-electron chi connectivity index (χ4n) is 1.10. The lowest BCUT2D eigenvalue weighted by atomic mass is 10.1. The molecule has 1 rings (SSSR count). The number of Topliss-reactive ketones (excluding diaryl/α,β-unsaturated/α-hetero) is 1. The van der Waals surface area contributed by atoms with Gasteiger partial charge < -0.3 is 10.3 Å². The molecule has 0 saturated carbocycles. The molecular formula is C9H15N3O. The smallest absolute Gasteiger partial charge is 0.149 e. The van der Waals surface area contributed by atoms with Crippen LogP contribution < -0.4 is 5.73 Å². The Kier molecular flexibility index (Phi) is 3.19. The van der Waals surface area contributed by atoms with Gasteiger partial charge in [0.25, 0.3) is 0 Å². The molecule has 0 aliphatic heterocycles. The van der Waals surface area contributed by atoms with Crippen LogP contribution in [0, 0.1) is 0 Å². The molecule has 13 heavy (non-hydrogen) atoms. The van der Waals surface area contributed by atoms with Gasteiger partial charge in [0.05, 0.1) is 6.04 Å². The van der Waals surface area contributed by atoms with E-state index in [0.717, 1.165) is 5.82 Å². The van der Waals surface area contributed by atoms with Crippen LogP contribution in [-0.4, -0.2) is 21.4 Å². The fraction of sp³-hybridized carbons (Fsp3) is 0.556. The summed E-state index contributed by atoms with van der Waals surface area (Å²) in [7, 11) is 1.92. The maximum Gasteiger partial charge on any atom is 0.149 e. The minimum atomic E-state index is -0.361. The van der Waals surface area contributed by atoms with Crippen molar-refractivity contribution in [2.45, 2.75) is 25.8 Å². The molecule has 0 amide bonds. The molecule has 1 aromatic heterocycles. The maximum absolute atomic E-state index is 11.2. The summed E-state index contributed by atoms with van der Waals surface area (Å²) in [4.78, 5) is 15.3. The first-order chi connectivity index (χ1) is 6.11. The van der Waals surface area contributed by atoms with E-state index in [1.54, 1.807) is 13.1 Å². The highest BCUT2D eigenvalue weighted by molar-refractivity contribution is 5.83. The topological polar surface area (TPSA) is 60.9 Å². The average Bonchev–Trinajstić information content (AvgIpc) is 2.47. The van der Waals surface area contributed by atoms with Gasteiger partial charge in [0.15, 0.2) is 0 Å². The zero-order valence-electron chi connectivity index (χ0n) is 8.03. The molecule has 0 saturated heterocycles. The average molecular weight is 181 g/mol. The maximum atomic E-state index is 11.2. The molecular weight excluding hydrogens is 166 g/mol. The minimum absolute atomic E-state index is 0.0861. The van der Waals surface area contributed by atoms with Crippen molar-refractivity contribution in [1.29, 1.82) is 0 Å². The Labute approximate surface area is 77.8 Å². The Bertz CT molecular complexity index is 291. The zero-order valence-corrected chi connectivity index (χ0v) is 8.03. The van der Waals surface area contributed by atoms with E-state index in [9.17, 15) is 4.79 Å². The lowest BCUT2D eigenvalue weighted by molar-refractivity contribution is -0.119. The lowest BCUT2D eigenvalue weighted by Crippen LogP contribution is -2.27. The summed E-state index contributed by atoms with van der Waals surface area (Å²) in [6.45, 7) is 1.71. The Hall–Kier alpha value is -1.16. The van der Waals surface area contributed by atoms with Gasteiger partial charge in [-0.15, -0.1) is 0 Å².